The van der Waals surface area contributed by atoms with Crippen molar-refractivity contribution in [3.63, 3.8) is 0 Å². The van der Waals surface area contributed by atoms with Gasteiger partial charge in [0.15, 0.2) is 0 Å². The maximum Gasteiger partial charge on any atom is 0.246 e. The van der Waals surface area contributed by atoms with E-state index in [0.717, 1.165) is 28.7 Å². The number of anilines is 1. The molecule has 1 unspecified atom stereocenters. The highest BCUT2D eigenvalue weighted by Crippen LogP contribution is 2.32. The van der Waals surface area contributed by atoms with E-state index in [1.54, 1.807) is 0 Å². The summed E-state index contributed by atoms with van der Waals surface area (Å²) in [5.74, 6) is 0.0506. The van der Waals surface area contributed by atoms with E-state index >= 15 is 0 Å². The van der Waals surface area contributed by atoms with Crippen molar-refractivity contribution in [3.05, 3.63) is 28.2 Å². The van der Waals surface area contributed by atoms with Gasteiger partial charge >= 0.3 is 0 Å². The van der Waals surface area contributed by atoms with Crippen LogP contribution < -0.4 is 10.6 Å². The fraction of sp³-hybridized carbons (Fsp3) is 0.462. The van der Waals surface area contributed by atoms with Gasteiger partial charge in [-0.15, -0.1) is 0 Å². The summed E-state index contributed by atoms with van der Waals surface area (Å²) in [6, 6.07) is 5.73. The number of halogens is 1. The van der Waals surface area contributed by atoms with Crippen LogP contribution in [0.5, 0.6) is 0 Å². The summed E-state index contributed by atoms with van der Waals surface area (Å²) in [5, 5.41) is 6.21. The summed E-state index contributed by atoms with van der Waals surface area (Å²) >= 11 is 3.41. The Balaban J connectivity index is 2.02. The quantitative estimate of drug-likeness (QED) is 0.819. The van der Waals surface area contributed by atoms with Crippen LogP contribution in [-0.2, 0) is 4.79 Å². The third-order valence-electron chi connectivity index (χ3n) is 2.98. The Morgan fingerprint density at radius 3 is 3.00 bits per heavy atom. The minimum atomic E-state index is -0.185. The van der Waals surface area contributed by atoms with Gasteiger partial charge in [-0.2, -0.15) is 0 Å². The van der Waals surface area contributed by atoms with Crippen LogP contribution in [0.25, 0.3) is 0 Å². The molecule has 0 spiro atoms. The van der Waals surface area contributed by atoms with Gasteiger partial charge in [0.2, 0.25) is 5.91 Å². The second-order valence-corrected chi connectivity index (χ2v) is 5.23. The van der Waals surface area contributed by atoms with Crippen molar-refractivity contribution in [1.29, 1.82) is 0 Å². The van der Waals surface area contributed by atoms with Crippen molar-refractivity contribution in [1.82, 2.24) is 5.32 Å². The van der Waals surface area contributed by atoms with E-state index in [2.05, 4.69) is 33.5 Å². The number of unbranched alkanes of at least 4 members (excludes halogenated alkanes) is 2. The first kappa shape index (κ1) is 12.6. The largest absolute Gasteiger partial charge is 0.324 e. The Hall–Kier alpha value is -0.870. The lowest BCUT2D eigenvalue weighted by Gasteiger charge is -2.10. The monoisotopic (exact) mass is 296 g/mol. The molecular formula is C13H17BrN2O. The second-order valence-electron chi connectivity index (χ2n) is 4.32. The fourth-order valence-electron chi connectivity index (χ4n) is 2.06. The fourth-order valence-corrected chi connectivity index (χ4v) is 2.42. The lowest BCUT2D eigenvalue weighted by atomic mass is 10.1. The molecule has 17 heavy (non-hydrogen) atoms. The molecule has 92 valence electrons. The van der Waals surface area contributed by atoms with E-state index in [1.807, 2.05) is 18.2 Å². The smallest absolute Gasteiger partial charge is 0.246 e. The third kappa shape index (κ3) is 2.87. The Bertz CT molecular complexity index is 420. The molecule has 1 aromatic rings. The number of hydrogen-bond donors (Lipinski definition) is 2. The number of fused-ring (bicyclic) bond motifs is 1. The van der Waals surface area contributed by atoms with Crippen molar-refractivity contribution in [2.45, 2.75) is 32.2 Å². The molecule has 0 saturated heterocycles. The highest BCUT2D eigenvalue weighted by atomic mass is 79.9. The summed E-state index contributed by atoms with van der Waals surface area (Å²) in [5.41, 5.74) is 1.96. The Labute approximate surface area is 110 Å². The first-order chi connectivity index (χ1) is 8.22. The van der Waals surface area contributed by atoms with E-state index in [4.69, 9.17) is 0 Å². The molecule has 2 N–H and O–H groups in total. The van der Waals surface area contributed by atoms with Crippen LogP contribution >= 0.6 is 15.9 Å². The molecule has 0 aromatic heterocycles. The lowest BCUT2D eigenvalue weighted by Crippen LogP contribution is -2.28. The van der Waals surface area contributed by atoms with Crippen molar-refractivity contribution >= 4 is 27.5 Å². The van der Waals surface area contributed by atoms with Gasteiger partial charge in [-0.05, 0) is 25.1 Å². The molecule has 0 saturated carbocycles. The van der Waals surface area contributed by atoms with E-state index in [9.17, 15) is 4.79 Å². The van der Waals surface area contributed by atoms with Gasteiger partial charge in [-0.25, -0.2) is 0 Å². The van der Waals surface area contributed by atoms with Crippen LogP contribution in [0.4, 0.5) is 5.69 Å². The Morgan fingerprint density at radius 2 is 2.24 bits per heavy atom. The number of amides is 1. The summed E-state index contributed by atoms with van der Waals surface area (Å²) < 4.78 is 0.989. The van der Waals surface area contributed by atoms with Gasteiger partial charge in [0.25, 0.3) is 0 Å². The molecule has 2 rings (SSSR count). The van der Waals surface area contributed by atoms with E-state index in [0.29, 0.717) is 0 Å². The van der Waals surface area contributed by atoms with Crippen LogP contribution in [-0.4, -0.2) is 12.5 Å². The minimum absolute atomic E-state index is 0.0506. The van der Waals surface area contributed by atoms with Crippen molar-refractivity contribution in [2.24, 2.45) is 0 Å². The van der Waals surface area contributed by atoms with Crippen molar-refractivity contribution in [2.75, 3.05) is 11.9 Å². The number of carbonyl (C=O) groups is 1. The summed E-state index contributed by atoms with van der Waals surface area (Å²) in [6.45, 7) is 3.07. The number of rotatable bonds is 5. The zero-order valence-corrected chi connectivity index (χ0v) is 11.5. The second kappa shape index (κ2) is 5.65. The van der Waals surface area contributed by atoms with Crippen LogP contribution in [0.3, 0.4) is 0 Å². The number of benzene rings is 1. The number of carbonyl (C=O) groups excluding carboxylic acids is 1. The molecule has 1 aromatic carbocycles. The van der Waals surface area contributed by atoms with Crippen LogP contribution in [0.15, 0.2) is 22.7 Å². The van der Waals surface area contributed by atoms with Crippen LogP contribution in [0.1, 0.15) is 37.8 Å². The molecule has 0 aliphatic carbocycles. The minimum Gasteiger partial charge on any atom is -0.324 e. The molecule has 1 amide bonds. The van der Waals surface area contributed by atoms with E-state index in [-0.39, 0.29) is 11.9 Å². The SMILES string of the molecule is CCCCCNC1C(=O)Nc2cc(Br)ccc21. The molecule has 1 aliphatic rings. The first-order valence-corrected chi connectivity index (χ1v) is 6.85. The molecule has 1 heterocycles. The normalized spacial score (nSPS) is 18.0. The van der Waals surface area contributed by atoms with Gasteiger partial charge in [0.05, 0.1) is 0 Å². The van der Waals surface area contributed by atoms with Gasteiger partial charge in [0.1, 0.15) is 6.04 Å². The predicted molar refractivity (Wildman–Crippen MR) is 73.0 cm³/mol. The Morgan fingerprint density at radius 1 is 1.41 bits per heavy atom. The average Bonchev–Trinajstić information content (AvgIpc) is 2.60. The number of hydrogen-bond acceptors (Lipinski definition) is 2. The van der Waals surface area contributed by atoms with E-state index in [1.165, 1.54) is 12.8 Å². The Kier molecular flexibility index (Phi) is 4.18. The topological polar surface area (TPSA) is 41.1 Å². The predicted octanol–water partition coefficient (Wildman–Crippen LogP) is 3.22. The summed E-state index contributed by atoms with van der Waals surface area (Å²) in [6.07, 6.45) is 3.52. The van der Waals surface area contributed by atoms with Crippen LogP contribution in [0.2, 0.25) is 0 Å². The molecule has 3 nitrogen and oxygen atoms in total. The van der Waals surface area contributed by atoms with E-state index < -0.39 is 0 Å². The van der Waals surface area contributed by atoms with Gasteiger partial charge < -0.3 is 10.6 Å². The molecule has 4 heteroatoms. The maximum absolute atomic E-state index is 11.8. The first-order valence-electron chi connectivity index (χ1n) is 6.06. The molecule has 1 aliphatic heterocycles. The highest BCUT2D eigenvalue weighted by Gasteiger charge is 2.29. The summed E-state index contributed by atoms with van der Waals surface area (Å²) in [7, 11) is 0. The zero-order chi connectivity index (χ0) is 12.3. The molecule has 1 atom stereocenters. The highest BCUT2D eigenvalue weighted by molar-refractivity contribution is 9.10. The van der Waals surface area contributed by atoms with Crippen molar-refractivity contribution < 1.29 is 4.79 Å². The lowest BCUT2D eigenvalue weighted by molar-refractivity contribution is -0.117. The van der Waals surface area contributed by atoms with Crippen LogP contribution in [0, 0.1) is 0 Å². The molecule has 0 bridgehead atoms. The number of nitrogens with one attached hydrogen (secondary N) is 2. The summed E-state index contributed by atoms with van der Waals surface area (Å²) in [4.78, 5) is 11.8. The molecule has 0 radical (unpaired) electrons. The molecule has 0 fully saturated rings. The van der Waals surface area contributed by atoms with Gasteiger partial charge in [0, 0.05) is 15.7 Å². The average molecular weight is 297 g/mol. The third-order valence-corrected chi connectivity index (χ3v) is 3.47. The van der Waals surface area contributed by atoms with Crippen molar-refractivity contribution in [3.8, 4) is 0 Å². The zero-order valence-electron chi connectivity index (χ0n) is 9.92. The standard InChI is InChI=1S/C13H17BrN2O/c1-2-3-4-7-15-12-10-6-5-9(14)8-11(10)16-13(12)17/h5-6,8,12,15H,2-4,7H2,1H3,(H,16,17). The van der Waals surface area contributed by atoms with Gasteiger partial charge in [-0.3, -0.25) is 4.79 Å². The maximum atomic E-state index is 11.8. The van der Waals surface area contributed by atoms with Gasteiger partial charge in [-0.1, -0.05) is 41.8 Å². The molecular weight excluding hydrogens is 280 g/mol.